The molecule has 57 valence electrons. The molecule has 0 aromatic carbocycles. The molecule has 1 aromatic heterocycles. The van der Waals surface area contributed by atoms with E-state index in [-0.39, 0.29) is 18.6 Å². The molecular weight excluding hydrogens is 163 g/mol. The molecule has 0 N–H and O–H groups in total. The molecule has 10 heavy (non-hydrogen) atoms. The van der Waals surface area contributed by atoms with E-state index in [4.69, 9.17) is 4.42 Å². The Labute approximate surface area is 74.7 Å². The molecule has 1 nitrogen and oxygen atoms in total. The van der Waals surface area contributed by atoms with Crippen molar-refractivity contribution < 1.29 is 23.0 Å². The maximum Gasteiger partial charge on any atom is 0 e. The van der Waals surface area contributed by atoms with Crippen LogP contribution in [-0.2, 0) is 25.0 Å². The summed E-state index contributed by atoms with van der Waals surface area (Å²) >= 11 is 0. The summed E-state index contributed by atoms with van der Waals surface area (Å²) in [7, 11) is 0. The molecule has 0 atom stereocenters. The van der Waals surface area contributed by atoms with E-state index in [1.54, 1.807) is 6.07 Å². The Kier molecular flexibility index (Phi) is 11.1. The van der Waals surface area contributed by atoms with Gasteiger partial charge in [0.1, 0.15) is 0 Å². The summed E-state index contributed by atoms with van der Waals surface area (Å²) in [6.45, 7) is 6.05. The Morgan fingerprint density at radius 3 is 2.30 bits per heavy atom. The molecule has 0 amide bonds. The molecular formula is C8H13OV-. The summed E-state index contributed by atoms with van der Waals surface area (Å²) in [6, 6.07) is 3.69. The second-order valence-corrected chi connectivity index (χ2v) is 1.37. The fourth-order valence-electron chi connectivity index (χ4n) is 0.461. The Balaban J connectivity index is 0. The van der Waals surface area contributed by atoms with E-state index in [1.807, 2.05) is 26.8 Å². The van der Waals surface area contributed by atoms with Crippen molar-refractivity contribution in [3.05, 3.63) is 24.2 Å². The van der Waals surface area contributed by atoms with Crippen LogP contribution >= 0.6 is 0 Å². The SMILES string of the molecule is CC.CCc1cc[c-]o1.[V]. The van der Waals surface area contributed by atoms with E-state index in [9.17, 15) is 0 Å². The molecule has 1 aromatic rings. The Bertz CT molecular complexity index is 124. The third-order valence-electron chi connectivity index (χ3n) is 0.876. The van der Waals surface area contributed by atoms with Crippen molar-refractivity contribution in [2.75, 3.05) is 0 Å². The Hall–Kier alpha value is -0.136. The summed E-state index contributed by atoms with van der Waals surface area (Å²) < 4.78 is 4.86. The smallest absolute Gasteiger partial charge is 0 e. The third kappa shape index (κ3) is 4.72. The fraction of sp³-hybridized carbons (Fsp3) is 0.500. The molecule has 1 radical (unpaired) electrons. The molecule has 0 saturated heterocycles. The van der Waals surface area contributed by atoms with Gasteiger partial charge in [0.05, 0.1) is 0 Å². The predicted octanol–water partition coefficient (Wildman–Crippen LogP) is 2.67. The van der Waals surface area contributed by atoms with Gasteiger partial charge in [0.2, 0.25) is 0 Å². The molecule has 0 aliphatic heterocycles. The van der Waals surface area contributed by atoms with Crippen LogP contribution < -0.4 is 0 Å². The summed E-state index contributed by atoms with van der Waals surface area (Å²) in [5, 5.41) is 0. The van der Waals surface area contributed by atoms with E-state index in [0.29, 0.717) is 0 Å². The van der Waals surface area contributed by atoms with Crippen LogP contribution in [0.1, 0.15) is 26.5 Å². The van der Waals surface area contributed by atoms with Gasteiger partial charge in [-0.1, -0.05) is 33.0 Å². The van der Waals surface area contributed by atoms with Crippen molar-refractivity contribution in [1.29, 1.82) is 0 Å². The predicted molar refractivity (Wildman–Crippen MR) is 38.3 cm³/mol. The van der Waals surface area contributed by atoms with Crippen LogP contribution in [0.4, 0.5) is 0 Å². The van der Waals surface area contributed by atoms with Gasteiger partial charge < -0.3 is 4.42 Å². The molecule has 1 heterocycles. The van der Waals surface area contributed by atoms with Crippen LogP contribution in [0.2, 0.25) is 0 Å². The fourth-order valence-corrected chi connectivity index (χ4v) is 0.461. The molecule has 1 rings (SSSR count). The van der Waals surface area contributed by atoms with Gasteiger partial charge >= 0.3 is 0 Å². The van der Waals surface area contributed by atoms with Gasteiger partial charge in [0.25, 0.3) is 0 Å². The first-order valence-corrected chi connectivity index (χ1v) is 3.38. The second kappa shape index (κ2) is 8.86. The summed E-state index contributed by atoms with van der Waals surface area (Å²) in [5.74, 6) is 1.00. The zero-order valence-corrected chi connectivity index (χ0v) is 8.11. The molecule has 0 unspecified atom stereocenters. The first kappa shape index (κ1) is 12.5. The molecule has 0 aliphatic rings. The minimum absolute atomic E-state index is 0. The molecule has 0 saturated carbocycles. The molecule has 0 bridgehead atoms. The third-order valence-corrected chi connectivity index (χ3v) is 0.876. The standard InChI is InChI=1S/C6H7O.C2H6.V/c1-2-6-4-3-5-7-6;1-2;/h3-4H,2H2,1H3;1-2H3;/q-1;;. The minimum atomic E-state index is 0. The monoisotopic (exact) mass is 176 g/mol. The second-order valence-electron chi connectivity index (χ2n) is 1.37. The average molecular weight is 176 g/mol. The van der Waals surface area contributed by atoms with Crippen LogP contribution in [0, 0.1) is 6.26 Å². The van der Waals surface area contributed by atoms with E-state index in [0.717, 1.165) is 12.2 Å². The largest absolute Gasteiger partial charge is 0.596 e. The van der Waals surface area contributed by atoms with Gasteiger partial charge in [-0.25, -0.2) is 0 Å². The zero-order valence-electron chi connectivity index (χ0n) is 6.72. The van der Waals surface area contributed by atoms with Crippen LogP contribution in [0.25, 0.3) is 0 Å². The Morgan fingerprint density at radius 2 is 2.10 bits per heavy atom. The van der Waals surface area contributed by atoms with Crippen molar-refractivity contribution in [2.24, 2.45) is 0 Å². The van der Waals surface area contributed by atoms with Crippen LogP contribution in [0.15, 0.2) is 16.5 Å². The minimum Gasteiger partial charge on any atom is -0.596 e. The quantitative estimate of drug-likeness (QED) is 0.599. The Morgan fingerprint density at radius 1 is 1.50 bits per heavy atom. The van der Waals surface area contributed by atoms with E-state index in [2.05, 4.69) is 6.26 Å². The molecule has 0 aliphatic carbocycles. The van der Waals surface area contributed by atoms with Gasteiger partial charge in [0, 0.05) is 18.6 Å². The summed E-state index contributed by atoms with van der Waals surface area (Å²) in [4.78, 5) is 0. The van der Waals surface area contributed by atoms with Gasteiger partial charge in [-0.05, 0) is 6.26 Å². The normalized spacial score (nSPS) is 7.10. The van der Waals surface area contributed by atoms with Gasteiger partial charge in [0.15, 0.2) is 0 Å². The van der Waals surface area contributed by atoms with Crippen molar-refractivity contribution in [3.8, 4) is 0 Å². The van der Waals surface area contributed by atoms with Crippen molar-refractivity contribution >= 4 is 0 Å². The molecule has 2 heteroatoms. The van der Waals surface area contributed by atoms with E-state index in [1.165, 1.54) is 0 Å². The number of hydrogen-bond donors (Lipinski definition) is 0. The number of hydrogen-bond acceptors (Lipinski definition) is 1. The number of rotatable bonds is 1. The number of furan rings is 1. The van der Waals surface area contributed by atoms with Crippen LogP contribution in [-0.4, -0.2) is 0 Å². The maximum absolute atomic E-state index is 4.86. The summed E-state index contributed by atoms with van der Waals surface area (Å²) in [6.07, 6.45) is 3.57. The summed E-state index contributed by atoms with van der Waals surface area (Å²) in [5.41, 5.74) is 0. The van der Waals surface area contributed by atoms with Crippen molar-refractivity contribution in [2.45, 2.75) is 27.2 Å². The maximum atomic E-state index is 4.86. The van der Waals surface area contributed by atoms with Crippen LogP contribution in [0.5, 0.6) is 0 Å². The zero-order chi connectivity index (χ0) is 7.11. The molecule has 0 spiro atoms. The van der Waals surface area contributed by atoms with Gasteiger partial charge in [-0.2, -0.15) is 6.07 Å². The topological polar surface area (TPSA) is 13.1 Å². The average Bonchev–Trinajstić information content (AvgIpc) is 2.43. The number of aryl methyl sites for hydroxylation is 1. The first-order chi connectivity index (χ1) is 4.43. The van der Waals surface area contributed by atoms with Crippen molar-refractivity contribution in [1.82, 2.24) is 0 Å². The first-order valence-electron chi connectivity index (χ1n) is 3.38. The van der Waals surface area contributed by atoms with Gasteiger partial charge in [-0.3, -0.25) is 0 Å². The van der Waals surface area contributed by atoms with E-state index >= 15 is 0 Å². The molecule has 0 fully saturated rings. The van der Waals surface area contributed by atoms with Crippen LogP contribution in [0.3, 0.4) is 0 Å². The van der Waals surface area contributed by atoms with Crippen molar-refractivity contribution in [3.63, 3.8) is 0 Å². The van der Waals surface area contributed by atoms with E-state index < -0.39 is 0 Å². The van der Waals surface area contributed by atoms with Gasteiger partial charge in [-0.15, -0.1) is 6.07 Å².